The second-order valence-corrected chi connectivity index (χ2v) is 11.0. The van der Waals surface area contributed by atoms with Crippen LogP contribution in [0.5, 0.6) is 0 Å². The average Bonchev–Trinajstić information content (AvgIpc) is 2.64. The van der Waals surface area contributed by atoms with Crippen LogP contribution >= 0.6 is 11.6 Å². The number of carbonyl (C=O) groups is 2. The van der Waals surface area contributed by atoms with Crippen molar-refractivity contribution in [2.75, 3.05) is 6.61 Å². The number of halogens is 1. The summed E-state index contributed by atoms with van der Waals surface area (Å²) in [7, 11) is 0. The van der Waals surface area contributed by atoms with Crippen LogP contribution in [0.25, 0.3) is 0 Å². The number of allylic oxidation sites excluding steroid dienone is 1. The molecule has 1 saturated heterocycles. The van der Waals surface area contributed by atoms with Gasteiger partial charge < -0.3 is 24.8 Å². The summed E-state index contributed by atoms with van der Waals surface area (Å²) >= 11 is 6.73. The molecular weight excluding hydrogens is 424 g/mol. The zero-order chi connectivity index (χ0) is 23.5. The van der Waals surface area contributed by atoms with Crippen molar-refractivity contribution in [3.8, 4) is 0 Å². The molecule has 31 heavy (non-hydrogen) atoms. The third kappa shape index (κ3) is 3.86. The van der Waals surface area contributed by atoms with Crippen LogP contribution in [-0.4, -0.2) is 69.1 Å². The molecule has 1 saturated carbocycles. The van der Waals surface area contributed by atoms with Crippen molar-refractivity contribution in [1.29, 1.82) is 0 Å². The van der Waals surface area contributed by atoms with E-state index in [0.717, 1.165) is 5.57 Å². The summed E-state index contributed by atoms with van der Waals surface area (Å²) in [5, 5.41) is 31.8. The van der Waals surface area contributed by atoms with Gasteiger partial charge in [0, 0.05) is 24.1 Å². The van der Waals surface area contributed by atoms with Gasteiger partial charge >= 0.3 is 5.97 Å². The molecule has 1 heterocycles. The van der Waals surface area contributed by atoms with Crippen molar-refractivity contribution in [1.82, 2.24) is 0 Å². The van der Waals surface area contributed by atoms with Gasteiger partial charge in [-0.3, -0.25) is 9.59 Å². The van der Waals surface area contributed by atoms with Gasteiger partial charge in [-0.1, -0.05) is 26.8 Å². The Morgan fingerprint density at radius 2 is 1.90 bits per heavy atom. The number of alkyl halides is 1. The van der Waals surface area contributed by atoms with Gasteiger partial charge in [-0.25, -0.2) is 0 Å². The molecule has 0 aromatic rings. The van der Waals surface area contributed by atoms with Gasteiger partial charge in [0.1, 0.15) is 17.8 Å². The van der Waals surface area contributed by atoms with Crippen LogP contribution in [0.1, 0.15) is 54.4 Å². The molecule has 4 unspecified atom stereocenters. The summed E-state index contributed by atoms with van der Waals surface area (Å²) in [6, 6.07) is 0. The molecular formula is C23H35ClO7. The largest absolute Gasteiger partial charge is 0.462 e. The lowest BCUT2D eigenvalue weighted by molar-refractivity contribution is -0.315. The molecule has 3 rings (SSSR count). The van der Waals surface area contributed by atoms with E-state index in [2.05, 4.69) is 0 Å². The first-order chi connectivity index (χ1) is 14.2. The predicted molar refractivity (Wildman–Crippen MR) is 114 cm³/mol. The molecule has 176 valence electrons. The van der Waals surface area contributed by atoms with Crippen molar-refractivity contribution < 1.29 is 34.4 Å². The lowest BCUT2D eigenvalue weighted by Gasteiger charge is -2.63. The molecule has 0 amide bonds. The molecule has 3 aliphatic rings. The summed E-state index contributed by atoms with van der Waals surface area (Å²) in [5.74, 6) is -2.36. The zero-order valence-electron chi connectivity index (χ0n) is 19.1. The normalized spacial score (nSPS) is 43.7. The van der Waals surface area contributed by atoms with E-state index in [0.29, 0.717) is 6.42 Å². The average molecular weight is 459 g/mol. The molecule has 9 atom stereocenters. The first kappa shape index (κ1) is 24.6. The number of fused-ring (bicyclic) bond motifs is 1. The Kier molecular flexibility index (Phi) is 6.44. The Morgan fingerprint density at radius 1 is 1.29 bits per heavy atom. The van der Waals surface area contributed by atoms with Gasteiger partial charge in [0.15, 0.2) is 5.78 Å². The highest BCUT2D eigenvalue weighted by molar-refractivity contribution is 6.23. The number of hydrogen-bond donors (Lipinski definition) is 3. The first-order valence-corrected chi connectivity index (χ1v) is 11.3. The Hall–Kier alpha value is -0.990. The monoisotopic (exact) mass is 458 g/mol. The number of carbonyl (C=O) groups excluding carboxylic acids is 2. The second kappa shape index (κ2) is 8.10. The maximum Gasteiger partial charge on any atom is 0.302 e. The molecule has 2 aliphatic carbocycles. The van der Waals surface area contributed by atoms with E-state index in [1.54, 1.807) is 6.92 Å². The van der Waals surface area contributed by atoms with E-state index in [9.17, 15) is 24.9 Å². The molecule has 0 bridgehead atoms. The first-order valence-electron chi connectivity index (χ1n) is 10.9. The third-order valence-electron chi connectivity index (χ3n) is 7.83. The van der Waals surface area contributed by atoms with E-state index in [-0.39, 0.29) is 13.0 Å². The Morgan fingerprint density at radius 3 is 2.39 bits per heavy atom. The number of hydrogen-bond acceptors (Lipinski definition) is 7. The highest BCUT2D eigenvalue weighted by Crippen LogP contribution is 2.59. The number of aliphatic hydroxyl groups excluding tert-OH is 2. The van der Waals surface area contributed by atoms with Crippen molar-refractivity contribution in [3.05, 3.63) is 11.6 Å². The van der Waals surface area contributed by atoms with Crippen LogP contribution in [0.4, 0.5) is 0 Å². The van der Waals surface area contributed by atoms with Crippen LogP contribution in [0, 0.1) is 22.7 Å². The van der Waals surface area contributed by atoms with Crippen LogP contribution in [0.3, 0.4) is 0 Å². The summed E-state index contributed by atoms with van der Waals surface area (Å²) in [6.45, 7) is 10.1. The molecule has 3 N–H and O–H groups in total. The van der Waals surface area contributed by atoms with E-state index >= 15 is 0 Å². The maximum atomic E-state index is 13.3. The molecule has 0 aromatic carbocycles. The second-order valence-electron chi connectivity index (χ2n) is 10.4. The SMILES string of the molecule is CC(=O)OC(C1C[C@H](O)C(C)=CC1(C)C)C1[C@](C)(C(=O)[C@@H](C)O)C(Cl)C[C@H]2OC[C@@]12O. The van der Waals surface area contributed by atoms with Crippen LogP contribution in [0.15, 0.2) is 11.6 Å². The fourth-order valence-electron chi connectivity index (χ4n) is 6.12. The van der Waals surface area contributed by atoms with Gasteiger partial charge in [-0.2, -0.15) is 0 Å². The van der Waals surface area contributed by atoms with Crippen molar-refractivity contribution in [3.63, 3.8) is 0 Å². The molecule has 0 radical (unpaired) electrons. The minimum Gasteiger partial charge on any atom is -0.462 e. The van der Waals surface area contributed by atoms with E-state index in [4.69, 9.17) is 21.1 Å². The van der Waals surface area contributed by atoms with Gasteiger partial charge in [0.05, 0.1) is 24.2 Å². The summed E-state index contributed by atoms with van der Waals surface area (Å²) in [6.07, 6.45) is -1.05. The quantitative estimate of drug-likeness (QED) is 0.328. The van der Waals surface area contributed by atoms with Crippen molar-refractivity contribution in [2.24, 2.45) is 22.7 Å². The molecule has 7 nitrogen and oxygen atoms in total. The smallest absolute Gasteiger partial charge is 0.302 e. The number of esters is 1. The van der Waals surface area contributed by atoms with Gasteiger partial charge in [-0.05, 0) is 37.7 Å². The van der Waals surface area contributed by atoms with Crippen molar-refractivity contribution in [2.45, 2.75) is 89.8 Å². The fourth-order valence-corrected chi connectivity index (χ4v) is 6.52. The highest BCUT2D eigenvalue weighted by atomic mass is 35.5. The van der Waals surface area contributed by atoms with Crippen LogP contribution in [0.2, 0.25) is 0 Å². The fraction of sp³-hybridized carbons (Fsp3) is 0.826. The minimum atomic E-state index is -1.44. The minimum absolute atomic E-state index is 0.0169. The zero-order valence-corrected chi connectivity index (χ0v) is 19.8. The Labute approximate surface area is 188 Å². The third-order valence-corrected chi connectivity index (χ3v) is 8.46. The summed E-state index contributed by atoms with van der Waals surface area (Å²) in [5.41, 5.74) is -2.48. The van der Waals surface area contributed by atoms with E-state index < -0.39 is 69.8 Å². The molecule has 1 aliphatic heterocycles. The molecule has 0 aromatic heterocycles. The number of ketones is 1. The number of Topliss-reactive ketones (excluding diaryl/α,β-unsaturated/α-hetero) is 1. The topological polar surface area (TPSA) is 113 Å². The summed E-state index contributed by atoms with van der Waals surface area (Å²) < 4.78 is 11.4. The Balaban J connectivity index is 2.19. The standard InChI is InChI=1S/C23H35ClO7/c1-11-9-21(4,5)14(7-15(11)27)18(31-13(3)26)19-22(6,20(28)12(2)25)16(24)8-17-23(19,29)10-30-17/h9,12,14-19,25,27,29H,7-8,10H2,1-6H3/t12-,14?,15+,16?,17-,18?,19?,22-,23+/m1/s1. The van der Waals surface area contributed by atoms with Crippen LogP contribution in [-0.2, 0) is 19.1 Å². The molecule has 8 heteroatoms. The lowest BCUT2D eigenvalue weighted by atomic mass is 9.50. The molecule has 0 spiro atoms. The predicted octanol–water partition coefficient (Wildman–Crippen LogP) is 1.98. The number of aliphatic hydroxyl groups is 3. The van der Waals surface area contributed by atoms with Gasteiger partial charge in [-0.15, -0.1) is 11.6 Å². The Bertz CT molecular complexity index is 778. The van der Waals surface area contributed by atoms with Gasteiger partial charge in [0.25, 0.3) is 0 Å². The summed E-state index contributed by atoms with van der Waals surface area (Å²) in [4.78, 5) is 25.5. The highest BCUT2D eigenvalue weighted by Gasteiger charge is 2.70. The lowest BCUT2D eigenvalue weighted by Crippen LogP contribution is -2.76. The number of ether oxygens (including phenoxy) is 2. The van der Waals surface area contributed by atoms with E-state index in [1.165, 1.54) is 13.8 Å². The van der Waals surface area contributed by atoms with E-state index in [1.807, 2.05) is 26.8 Å². The number of rotatable bonds is 5. The van der Waals surface area contributed by atoms with Crippen molar-refractivity contribution >= 4 is 23.4 Å². The van der Waals surface area contributed by atoms with Crippen LogP contribution < -0.4 is 0 Å². The molecule has 2 fully saturated rings. The maximum absolute atomic E-state index is 13.3. The van der Waals surface area contributed by atoms with Gasteiger partial charge in [0.2, 0.25) is 0 Å².